The van der Waals surface area contributed by atoms with Gasteiger partial charge in [-0.25, -0.2) is 4.98 Å². The molecule has 0 aliphatic carbocycles. The van der Waals surface area contributed by atoms with Gasteiger partial charge in [0.2, 0.25) is 0 Å². The number of aromatic nitrogens is 2. The molecule has 0 aliphatic heterocycles. The van der Waals surface area contributed by atoms with E-state index in [2.05, 4.69) is 26.2 Å². The zero-order valence-electron chi connectivity index (χ0n) is 10.6. The Morgan fingerprint density at radius 1 is 1.44 bits per heavy atom. The molecule has 2 aromatic rings. The normalized spacial score (nSPS) is 12.4. The number of halogens is 1. The van der Waals surface area contributed by atoms with E-state index < -0.39 is 0 Å². The van der Waals surface area contributed by atoms with Crippen molar-refractivity contribution >= 4 is 15.9 Å². The number of imidazole rings is 1. The van der Waals surface area contributed by atoms with Crippen LogP contribution in [0.15, 0.2) is 35.1 Å². The zero-order valence-corrected chi connectivity index (χ0v) is 12.2. The third kappa shape index (κ3) is 2.42. The van der Waals surface area contributed by atoms with E-state index in [-0.39, 0.29) is 6.04 Å². The predicted molar refractivity (Wildman–Crippen MR) is 74.8 cm³/mol. The second-order valence-electron chi connectivity index (χ2n) is 4.01. The van der Waals surface area contributed by atoms with Crippen LogP contribution in [0.3, 0.4) is 0 Å². The third-order valence-corrected chi connectivity index (χ3v) is 3.64. The van der Waals surface area contributed by atoms with Gasteiger partial charge in [0.25, 0.3) is 0 Å². The molecule has 0 spiro atoms. The van der Waals surface area contributed by atoms with Crippen LogP contribution < -0.4 is 10.1 Å². The highest BCUT2D eigenvalue weighted by atomic mass is 79.9. The molecule has 1 atom stereocenters. The number of nitrogens with zero attached hydrogens (tertiary/aromatic N) is 2. The minimum atomic E-state index is 0.0227. The molecule has 1 N–H and O–H groups in total. The smallest absolute Gasteiger partial charge is 0.130 e. The van der Waals surface area contributed by atoms with E-state index in [0.717, 1.165) is 21.6 Å². The average Bonchev–Trinajstić information content (AvgIpc) is 2.79. The number of hydrogen-bond acceptors (Lipinski definition) is 3. The van der Waals surface area contributed by atoms with Crippen LogP contribution >= 0.6 is 15.9 Å². The molecule has 0 amide bonds. The van der Waals surface area contributed by atoms with E-state index in [9.17, 15) is 0 Å². The minimum absolute atomic E-state index is 0.0227. The number of ether oxygens (including phenoxy) is 1. The molecular weight excluding hydrogens is 294 g/mol. The quantitative estimate of drug-likeness (QED) is 0.943. The number of aryl methyl sites for hydroxylation is 1. The fourth-order valence-electron chi connectivity index (χ4n) is 1.95. The fraction of sp³-hybridized carbons (Fsp3) is 0.308. The standard InChI is InChI=1S/C13H16BrN3O/c1-15-12(13-16-6-7-17(13)2)10-8-9(18-3)4-5-11(10)14/h4-8,12,15H,1-3H3. The van der Waals surface area contributed by atoms with Gasteiger partial charge in [-0.3, -0.25) is 0 Å². The van der Waals surface area contributed by atoms with Crippen LogP contribution in [0.25, 0.3) is 0 Å². The van der Waals surface area contributed by atoms with Gasteiger partial charge in [-0.05, 0) is 30.8 Å². The highest BCUT2D eigenvalue weighted by molar-refractivity contribution is 9.10. The van der Waals surface area contributed by atoms with Crippen LogP contribution in [0.5, 0.6) is 5.75 Å². The van der Waals surface area contributed by atoms with Crippen LogP contribution in [0.4, 0.5) is 0 Å². The summed E-state index contributed by atoms with van der Waals surface area (Å²) >= 11 is 3.58. The molecule has 1 heterocycles. The Bertz CT molecular complexity index is 539. The topological polar surface area (TPSA) is 39.1 Å². The molecular formula is C13H16BrN3O. The second kappa shape index (κ2) is 5.54. The van der Waals surface area contributed by atoms with Gasteiger partial charge in [0.05, 0.1) is 13.2 Å². The molecule has 0 fully saturated rings. The van der Waals surface area contributed by atoms with Gasteiger partial charge in [-0.15, -0.1) is 0 Å². The van der Waals surface area contributed by atoms with Crippen molar-refractivity contribution in [1.29, 1.82) is 0 Å². The Kier molecular flexibility index (Phi) is 4.04. The first-order chi connectivity index (χ1) is 8.67. The van der Waals surface area contributed by atoms with E-state index in [0.29, 0.717) is 0 Å². The molecule has 4 nitrogen and oxygen atoms in total. The molecule has 1 unspecified atom stereocenters. The maximum absolute atomic E-state index is 5.28. The molecule has 2 rings (SSSR count). The largest absolute Gasteiger partial charge is 0.497 e. The lowest BCUT2D eigenvalue weighted by Crippen LogP contribution is -2.21. The van der Waals surface area contributed by atoms with Crippen molar-refractivity contribution in [1.82, 2.24) is 14.9 Å². The van der Waals surface area contributed by atoms with Crippen LogP contribution in [-0.2, 0) is 7.05 Å². The van der Waals surface area contributed by atoms with Crippen molar-refractivity contribution in [3.05, 3.63) is 46.5 Å². The predicted octanol–water partition coefficient (Wildman–Crippen LogP) is 2.50. The minimum Gasteiger partial charge on any atom is -0.497 e. The zero-order chi connectivity index (χ0) is 13.1. The number of rotatable bonds is 4. The van der Waals surface area contributed by atoms with Crippen molar-refractivity contribution in [3.63, 3.8) is 0 Å². The van der Waals surface area contributed by atoms with Gasteiger partial charge >= 0.3 is 0 Å². The van der Waals surface area contributed by atoms with Crippen LogP contribution in [0.1, 0.15) is 17.4 Å². The highest BCUT2D eigenvalue weighted by Crippen LogP contribution is 2.30. The van der Waals surface area contributed by atoms with Gasteiger partial charge in [-0.1, -0.05) is 15.9 Å². The molecule has 0 saturated carbocycles. The first-order valence-corrected chi connectivity index (χ1v) is 6.44. The maximum atomic E-state index is 5.28. The average molecular weight is 310 g/mol. The highest BCUT2D eigenvalue weighted by Gasteiger charge is 2.19. The Balaban J connectivity index is 2.48. The lowest BCUT2D eigenvalue weighted by Gasteiger charge is -2.18. The lowest BCUT2D eigenvalue weighted by molar-refractivity contribution is 0.413. The summed E-state index contributed by atoms with van der Waals surface area (Å²) in [5.74, 6) is 1.80. The Labute approximate surface area is 115 Å². The fourth-order valence-corrected chi connectivity index (χ4v) is 2.42. The number of methoxy groups -OCH3 is 1. The molecule has 96 valence electrons. The summed E-state index contributed by atoms with van der Waals surface area (Å²) in [6.45, 7) is 0. The molecule has 1 aromatic heterocycles. The number of hydrogen-bond donors (Lipinski definition) is 1. The van der Waals surface area contributed by atoms with Crippen molar-refractivity contribution in [2.45, 2.75) is 6.04 Å². The number of nitrogens with one attached hydrogen (secondary N) is 1. The van der Waals surface area contributed by atoms with E-state index in [1.165, 1.54) is 0 Å². The van der Waals surface area contributed by atoms with Crippen molar-refractivity contribution < 1.29 is 4.74 Å². The van der Waals surface area contributed by atoms with Gasteiger partial charge in [0.1, 0.15) is 11.6 Å². The summed E-state index contributed by atoms with van der Waals surface area (Å²) in [5.41, 5.74) is 1.10. The molecule has 0 radical (unpaired) electrons. The SMILES string of the molecule is CNC(c1cc(OC)ccc1Br)c1nccn1C. The monoisotopic (exact) mass is 309 g/mol. The van der Waals surface area contributed by atoms with E-state index in [4.69, 9.17) is 4.74 Å². The summed E-state index contributed by atoms with van der Waals surface area (Å²) in [6, 6.07) is 5.95. The third-order valence-electron chi connectivity index (χ3n) is 2.92. The van der Waals surface area contributed by atoms with Crippen LogP contribution in [0.2, 0.25) is 0 Å². The first kappa shape index (κ1) is 13.1. The van der Waals surface area contributed by atoms with Gasteiger partial charge < -0.3 is 14.6 Å². The van der Waals surface area contributed by atoms with Crippen LogP contribution in [-0.4, -0.2) is 23.7 Å². The molecule has 18 heavy (non-hydrogen) atoms. The molecule has 0 bridgehead atoms. The van der Waals surface area contributed by atoms with Crippen molar-refractivity contribution in [2.24, 2.45) is 7.05 Å². The maximum Gasteiger partial charge on any atom is 0.130 e. The molecule has 1 aromatic carbocycles. The van der Waals surface area contributed by atoms with Crippen molar-refractivity contribution in [3.8, 4) is 5.75 Å². The Morgan fingerprint density at radius 3 is 2.78 bits per heavy atom. The van der Waals surface area contributed by atoms with E-state index >= 15 is 0 Å². The van der Waals surface area contributed by atoms with Gasteiger partial charge in [0.15, 0.2) is 0 Å². The molecule has 0 saturated heterocycles. The van der Waals surface area contributed by atoms with Gasteiger partial charge in [0, 0.05) is 23.9 Å². The summed E-state index contributed by atoms with van der Waals surface area (Å²) < 4.78 is 8.32. The van der Waals surface area contributed by atoms with E-state index in [1.807, 2.05) is 43.1 Å². The summed E-state index contributed by atoms with van der Waals surface area (Å²) in [7, 11) is 5.58. The number of benzene rings is 1. The van der Waals surface area contributed by atoms with Gasteiger partial charge in [-0.2, -0.15) is 0 Å². The van der Waals surface area contributed by atoms with Crippen LogP contribution in [0, 0.1) is 0 Å². The lowest BCUT2D eigenvalue weighted by atomic mass is 10.1. The van der Waals surface area contributed by atoms with E-state index in [1.54, 1.807) is 13.3 Å². The molecule has 0 aliphatic rings. The second-order valence-corrected chi connectivity index (χ2v) is 4.86. The Morgan fingerprint density at radius 2 is 2.22 bits per heavy atom. The summed E-state index contributed by atoms with van der Waals surface area (Å²) in [6.07, 6.45) is 3.74. The summed E-state index contributed by atoms with van der Waals surface area (Å²) in [5, 5.41) is 3.28. The Hall–Kier alpha value is -1.33. The molecule has 5 heteroatoms. The summed E-state index contributed by atoms with van der Waals surface area (Å²) in [4.78, 5) is 4.40. The first-order valence-electron chi connectivity index (χ1n) is 5.65. The van der Waals surface area contributed by atoms with Crippen molar-refractivity contribution in [2.75, 3.05) is 14.2 Å².